The number of rotatable bonds is 4. The van der Waals surface area contributed by atoms with E-state index < -0.39 is 6.04 Å². The molecule has 2 aromatic rings. The highest BCUT2D eigenvalue weighted by atomic mass is 16.5. The Labute approximate surface area is 133 Å². The van der Waals surface area contributed by atoms with E-state index in [0.717, 1.165) is 12.8 Å². The van der Waals surface area contributed by atoms with E-state index in [0.29, 0.717) is 36.7 Å². The largest absolute Gasteiger partial charge is 0.492 e. The Bertz CT molecular complexity index is 750. The molecule has 7 nitrogen and oxygen atoms in total. The van der Waals surface area contributed by atoms with Gasteiger partial charge in [0.1, 0.15) is 17.6 Å². The number of aromatic amines is 1. The number of hydrogen-bond acceptors (Lipinski definition) is 4. The van der Waals surface area contributed by atoms with Crippen LogP contribution in [0.4, 0.5) is 5.69 Å². The number of anilines is 1. The normalized spacial score (nSPS) is 17.2. The Morgan fingerprint density at radius 1 is 1.43 bits per heavy atom. The molecule has 1 atom stereocenters. The number of nitrogens with one attached hydrogen (secondary N) is 2. The lowest BCUT2D eigenvalue weighted by molar-refractivity contribution is -0.119. The van der Waals surface area contributed by atoms with Crippen molar-refractivity contribution >= 4 is 11.6 Å². The van der Waals surface area contributed by atoms with Gasteiger partial charge in [0.15, 0.2) is 0 Å². The van der Waals surface area contributed by atoms with E-state index in [1.807, 2.05) is 25.1 Å². The summed E-state index contributed by atoms with van der Waals surface area (Å²) in [5, 5.41) is 9.35. The summed E-state index contributed by atoms with van der Waals surface area (Å²) in [5.74, 6) is 1.05. The highest BCUT2D eigenvalue weighted by Crippen LogP contribution is 2.27. The zero-order valence-corrected chi connectivity index (χ0v) is 13.0. The topological polar surface area (TPSA) is 89.0 Å². The maximum absolute atomic E-state index is 12.7. The van der Waals surface area contributed by atoms with Crippen molar-refractivity contribution in [2.45, 2.75) is 38.6 Å². The van der Waals surface area contributed by atoms with Gasteiger partial charge in [-0.1, -0.05) is 18.6 Å². The summed E-state index contributed by atoms with van der Waals surface area (Å²) in [4.78, 5) is 24.7. The predicted molar refractivity (Wildman–Crippen MR) is 85.7 cm³/mol. The van der Waals surface area contributed by atoms with Crippen molar-refractivity contribution in [3.05, 3.63) is 40.6 Å². The Kier molecular flexibility index (Phi) is 4.45. The quantitative estimate of drug-likeness (QED) is 0.901. The van der Waals surface area contributed by atoms with E-state index in [-0.39, 0.29) is 11.6 Å². The van der Waals surface area contributed by atoms with Crippen LogP contribution >= 0.6 is 0 Å². The molecular weight excluding hydrogens is 296 g/mol. The van der Waals surface area contributed by atoms with Crippen LogP contribution in [0.15, 0.2) is 29.1 Å². The fraction of sp³-hybridized carbons (Fsp3) is 0.438. The lowest BCUT2D eigenvalue weighted by atomic mass is 10.1. The number of fused-ring (bicyclic) bond motifs is 1. The molecule has 1 unspecified atom stereocenters. The van der Waals surface area contributed by atoms with Crippen LogP contribution in [0.5, 0.6) is 5.75 Å². The molecule has 1 aliphatic rings. The molecule has 0 bridgehead atoms. The number of carbonyl (C=O) groups excluding carboxylic acids is 1. The number of carbonyl (C=O) groups is 1. The van der Waals surface area contributed by atoms with Crippen LogP contribution in [-0.2, 0) is 11.2 Å². The third-order valence-corrected chi connectivity index (χ3v) is 3.96. The number of aryl methyl sites for hydroxylation is 1. The lowest BCUT2D eigenvalue weighted by Gasteiger charge is -2.18. The second-order valence-electron chi connectivity index (χ2n) is 5.49. The number of nitrogens with zero attached hydrogens (tertiary/aromatic N) is 2. The molecule has 0 radical (unpaired) electrons. The van der Waals surface area contributed by atoms with E-state index in [1.165, 1.54) is 4.57 Å². The van der Waals surface area contributed by atoms with Gasteiger partial charge in [0.2, 0.25) is 5.91 Å². The van der Waals surface area contributed by atoms with Crippen LogP contribution in [0, 0.1) is 0 Å². The standard InChI is InChI=1S/C16H20N4O3/c1-2-23-13-9-5-3-7-11(13)17-15(21)12-8-4-6-10-14-18-19-16(22)20(12)14/h3,5,7,9,12H,2,4,6,8,10H2,1H3,(H,17,21)(H,19,22). The average molecular weight is 316 g/mol. The van der Waals surface area contributed by atoms with Gasteiger partial charge < -0.3 is 10.1 Å². The first-order valence-corrected chi connectivity index (χ1v) is 7.89. The predicted octanol–water partition coefficient (Wildman–Crippen LogP) is 1.88. The molecule has 2 N–H and O–H groups in total. The van der Waals surface area contributed by atoms with Gasteiger partial charge in [0, 0.05) is 6.42 Å². The zero-order chi connectivity index (χ0) is 16.2. The van der Waals surface area contributed by atoms with E-state index in [2.05, 4.69) is 15.5 Å². The number of H-pyrrole nitrogens is 1. The molecule has 0 saturated heterocycles. The Morgan fingerprint density at radius 2 is 2.26 bits per heavy atom. The maximum atomic E-state index is 12.7. The molecular formula is C16H20N4O3. The smallest absolute Gasteiger partial charge is 0.344 e. The molecule has 0 aliphatic carbocycles. The second-order valence-corrected chi connectivity index (χ2v) is 5.49. The molecule has 0 fully saturated rings. The van der Waals surface area contributed by atoms with Gasteiger partial charge in [-0.3, -0.25) is 9.36 Å². The van der Waals surface area contributed by atoms with Crippen LogP contribution in [0.1, 0.15) is 38.1 Å². The summed E-state index contributed by atoms with van der Waals surface area (Å²) >= 11 is 0. The van der Waals surface area contributed by atoms with E-state index >= 15 is 0 Å². The molecule has 1 aromatic heterocycles. The van der Waals surface area contributed by atoms with Gasteiger partial charge >= 0.3 is 5.69 Å². The Hall–Kier alpha value is -2.57. The number of benzene rings is 1. The van der Waals surface area contributed by atoms with Crippen LogP contribution in [0.3, 0.4) is 0 Å². The third-order valence-electron chi connectivity index (χ3n) is 3.96. The number of para-hydroxylation sites is 2. The first-order valence-electron chi connectivity index (χ1n) is 7.89. The van der Waals surface area contributed by atoms with Gasteiger partial charge in [-0.25, -0.2) is 9.89 Å². The molecule has 2 heterocycles. The van der Waals surface area contributed by atoms with Crippen molar-refractivity contribution in [3.63, 3.8) is 0 Å². The number of hydrogen-bond donors (Lipinski definition) is 2. The molecule has 3 rings (SSSR count). The fourth-order valence-electron chi connectivity index (χ4n) is 2.90. The summed E-state index contributed by atoms with van der Waals surface area (Å²) in [6.45, 7) is 2.41. The fourth-order valence-corrected chi connectivity index (χ4v) is 2.90. The summed E-state index contributed by atoms with van der Waals surface area (Å²) < 4.78 is 7.00. The zero-order valence-electron chi connectivity index (χ0n) is 13.0. The van der Waals surface area contributed by atoms with Crippen LogP contribution < -0.4 is 15.7 Å². The minimum Gasteiger partial charge on any atom is -0.492 e. The minimum absolute atomic E-state index is 0.219. The molecule has 23 heavy (non-hydrogen) atoms. The highest BCUT2D eigenvalue weighted by Gasteiger charge is 2.28. The van der Waals surface area contributed by atoms with Crippen molar-refractivity contribution in [3.8, 4) is 5.75 Å². The molecule has 1 aliphatic heterocycles. The molecule has 0 saturated carbocycles. The number of aromatic nitrogens is 3. The summed E-state index contributed by atoms with van der Waals surface area (Å²) in [6, 6.07) is 6.74. The maximum Gasteiger partial charge on any atom is 0.344 e. The summed E-state index contributed by atoms with van der Waals surface area (Å²) in [7, 11) is 0. The van der Waals surface area contributed by atoms with Gasteiger partial charge in [-0.05, 0) is 31.9 Å². The molecule has 0 spiro atoms. The van der Waals surface area contributed by atoms with Crippen LogP contribution in [0.25, 0.3) is 0 Å². The lowest BCUT2D eigenvalue weighted by Crippen LogP contribution is -2.32. The number of amides is 1. The van der Waals surface area contributed by atoms with Gasteiger partial charge in [0.05, 0.1) is 12.3 Å². The number of ether oxygens (including phenoxy) is 1. The average Bonchev–Trinajstić information content (AvgIpc) is 2.79. The van der Waals surface area contributed by atoms with Gasteiger partial charge in [-0.2, -0.15) is 5.10 Å². The molecule has 122 valence electrons. The first-order chi connectivity index (χ1) is 11.2. The van der Waals surface area contributed by atoms with Gasteiger partial charge in [0.25, 0.3) is 0 Å². The molecule has 1 amide bonds. The Morgan fingerprint density at radius 3 is 3.09 bits per heavy atom. The van der Waals surface area contributed by atoms with Crippen LogP contribution in [0.2, 0.25) is 0 Å². The third kappa shape index (κ3) is 3.13. The summed E-state index contributed by atoms with van der Waals surface area (Å²) in [6.07, 6.45) is 3.13. The van der Waals surface area contributed by atoms with Crippen molar-refractivity contribution in [1.82, 2.24) is 14.8 Å². The van der Waals surface area contributed by atoms with E-state index in [9.17, 15) is 9.59 Å². The molecule has 1 aromatic carbocycles. The van der Waals surface area contributed by atoms with Crippen molar-refractivity contribution in [2.75, 3.05) is 11.9 Å². The van der Waals surface area contributed by atoms with Crippen molar-refractivity contribution < 1.29 is 9.53 Å². The van der Waals surface area contributed by atoms with Crippen molar-refractivity contribution in [1.29, 1.82) is 0 Å². The van der Waals surface area contributed by atoms with E-state index in [4.69, 9.17) is 4.74 Å². The van der Waals surface area contributed by atoms with Crippen molar-refractivity contribution in [2.24, 2.45) is 0 Å². The summed E-state index contributed by atoms with van der Waals surface area (Å²) in [5.41, 5.74) is 0.279. The monoisotopic (exact) mass is 316 g/mol. The van der Waals surface area contributed by atoms with Gasteiger partial charge in [-0.15, -0.1) is 0 Å². The Balaban J connectivity index is 1.86. The SMILES string of the molecule is CCOc1ccccc1NC(=O)C1CCCCc2n[nH]c(=O)n21. The highest BCUT2D eigenvalue weighted by molar-refractivity contribution is 5.95. The van der Waals surface area contributed by atoms with Crippen LogP contribution in [-0.4, -0.2) is 27.3 Å². The minimum atomic E-state index is -0.548. The second kappa shape index (κ2) is 6.68. The molecule has 7 heteroatoms. The first kappa shape index (κ1) is 15.3. The van der Waals surface area contributed by atoms with E-state index in [1.54, 1.807) is 6.07 Å².